The van der Waals surface area contributed by atoms with Crippen LogP contribution in [0, 0.1) is 22.0 Å². The third-order valence-corrected chi connectivity index (χ3v) is 5.60. The Bertz CT molecular complexity index is 1170. The average Bonchev–Trinajstić information content (AvgIpc) is 3.16. The molecule has 0 saturated carbocycles. The monoisotopic (exact) mass is 527 g/mol. The van der Waals surface area contributed by atoms with Crippen molar-refractivity contribution in [2.24, 2.45) is 5.73 Å². The van der Waals surface area contributed by atoms with Crippen molar-refractivity contribution in [1.29, 1.82) is 0 Å². The Morgan fingerprint density at radius 3 is 2.73 bits per heavy atom. The number of aliphatic hydroxyl groups is 2. The van der Waals surface area contributed by atoms with E-state index in [9.17, 15) is 43.1 Å². The number of amides is 3. The maximum absolute atomic E-state index is 13.1. The fraction of sp³-hybridized carbons (Fsp3) is 0.455. The van der Waals surface area contributed by atoms with Crippen molar-refractivity contribution in [1.82, 2.24) is 15.5 Å². The van der Waals surface area contributed by atoms with Gasteiger partial charge in [0.05, 0.1) is 17.6 Å². The molecule has 0 aromatic heterocycles. The highest BCUT2D eigenvalue weighted by molar-refractivity contribution is 5.78. The largest absolute Gasteiger partial charge is 0.420 e. The van der Waals surface area contributed by atoms with Crippen molar-refractivity contribution in [3.8, 4) is 11.8 Å². The molecule has 37 heavy (non-hydrogen) atoms. The standard InChI is InChI=1S/C22H24F3N5O7/c1-12(32)27-18(22(23,24)25)5-3-13-2-4-14(15(8-13)30(35)36)10-21(26)6-7-29(20(34)28-21)19-9-16(33)17(11-31)37-19/h2,4,6-8,16-19,31,33H,9-11,26H2,1H3,(H,27,32)(H,28,34)/t16-,17+,18?,19+,21?/m0/s1. The molecule has 2 heterocycles. The number of nitro groups is 1. The number of carbonyl (C=O) groups is 2. The number of aliphatic hydroxyl groups excluding tert-OH is 2. The molecule has 0 radical (unpaired) electrons. The van der Waals surface area contributed by atoms with Crippen LogP contribution in [0.2, 0.25) is 0 Å². The molecule has 3 rings (SSSR count). The van der Waals surface area contributed by atoms with Crippen LogP contribution in [0.5, 0.6) is 0 Å². The summed E-state index contributed by atoms with van der Waals surface area (Å²) in [6, 6.07) is 0.313. The fourth-order valence-corrected chi connectivity index (χ4v) is 3.80. The molecule has 2 aliphatic heterocycles. The Morgan fingerprint density at radius 1 is 1.49 bits per heavy atom. The maximum Gasteiger partial charge on any atom is 0.420 e. The maximum atomic E-state index is 13.1. The minimum absolute atomic E-state index is 0.0473. The summed E-state index contributed by atoms with van der Waals surface area (Å²) in [6.07, 6.45) is -5.08. The molecule has 200 valence electrons. The zero-order valence-electron chi connectivity index (χ0n) is 19.4. The van der Waals surface area contributed by atoms with Crippen molar-refractivity contribution in [3.63, 3.8) is 0 Å². The van der Waals surface area contributed by atoms with Crippen LogP contribution in [0.25, 0.3) is 0 Å². The summed E-state index contributed by atoms with van der Waals surface area (Å²) < 4.78 is 44.6. The summed E-state index contributed by atoms with van der Waals surface area (Å²) in [5.41, 5.74) is 4.14. The van der Waals surface area contributed by atoms with Crippen molar-refractivity contribution in [2.75, 3.05) is 6.61 Å². The molecule has 0 aliphatic carbocycles. The van der Waals surface area contributed by atoms with E-state index in [-0.39, 0.29) is 24.0 Å². The quantitative estimate of drug-likeness (QED) is 0.198. The minimum atomic E-state index is -4.85. The molecule has 2 aliphatic rings. The first kappa shape index (κ1) is 27.9. The Labute approximate surface area is 208 Å². The van der Waals surface area contributed by atoms with E-state index in [1.807, 2.05) is 5.92 Å². The number of hydrogen-bond acceptors (Lipinski definition) is 8. The first-order valence-electron chi connectivity index (χ1n) is 10.9. The fourth-order valence-electron chi connectivity index (χ4n) is 3.80. The van der Waals surface area contributed by atoms with E-state index in [1.54, 1.807) is 5.32 Å². The summed E-state index contributed by atoms with van der Waals surface area (Å²) in [5, 5.41) is 34.9. The lowest BCUT2D eigenvalue weighted by Crippen LogP contribution is -2.62. The number of hydrogen-bond donors (Lipinski definition) is 5. The molecular weight excluding hydrogens is 503 g/mol. The van der Waals surface area contributed by atoms with Crippen LogP contribution in [0.15, 0.2) is 30.5 Å². The van der Waals surface area contributed by atoms with E-state index in [0.717, 1.165) is 17.9 Å². The smallest absolute Gasteiger partial charge is 0.394 e. The van der Waals surface area contributed by atoms with Crippen LogP contribution in [-0.2, 0) is 16.0 Å². The van der Waals surface area contributed by atoms with E-state index < -0.39 is 65.5 Å². The second-order valence-corrected chi connectivity index (χ2v) is 8.53. The molecule has 5 atom stereocenters. The number of benzene rings is 1. The molecular formula is C22H24F3N5O7. The number of rotatable bonds is 6. The first-order valence-corrected chi connectivity index (χ1v) is 10.9. The summed E-state index contributed by atoms with van der Waals surface area (Å²) in [7, 11) is 0. The molecule has 6 N–H and O–H groups in total. The van der Waals surface area contributed by atoms with Crippen LogP contribution in [0.1, 0.15) is 24.5 Å². The number of nitrogens with zero attached hydrogens (tertiary/aromatic N) is 2. The van der Waals surface area contributed by atoms with Crippen LogP contribution in [0.4, 0.5) is 23.7 Å². The van der Waals surface area contributed by atoms with Crippen LogP contribution >= 0.6 is 0 Å². The van der Waals surface area contributed by atoms with Crippen molar-refractivity contribution >= 4 is 17.6 Å². The first-order chi connectivity index (χ1) is 17.2. The number of halogens is 3. The van der Waals surface area contributed by atoms with E-state index in [1.165, 1.54) is 24.4 Å². The molecule has 15 heteroatoms. The molecule has 3 amide bonds. The number of nitrogens with two attached hydrogens (primary N) is 1. The van der Waals surface area contributed by atoms with Gasteiger partial charge in [-0.25, -0.2) is 4.79 Å². The van der Waals surface area contributed by atoms with Crippen LogP contribution < -0.4 is 16.4 Å². The second kappa shape index (κ2) is 10.7. The highest BCUT2D eigenvalue weighted by Gasteiger charge is 2.42. The van der Waals surface area contributed by atoms with Gasteiger partial charge < -0.3 is 31.3 Å². The highest BCUT2D eigenvalue weighted by atomic mass is 19.4. The third-order valence-electron chi connectivity index (χ3n) is 5.60. The van der Waals surface area contributed by atoms with Gasteiger partial charge in [-0.05, 0) is 12.1 Å². The molecule has 1 fully saturated rings. The van der Waals surface area contributed by atoms with Crippen LogP contribution in [0.3, 0.4) is 0 Å². The van der Waals surface area contributed by atoms with Gasteiger partial charge in [-0.2, -0.15) is 13.2 Å². The average molecular weight is 527 g/mol. The van der Waals surface area contributed by atoms with Gasteiger partial charge in [-0.3, -0.25) is 19.8 Å². The van der Waals surface area contributed by atoms with E-state index in [0.29, 0.717) is 0 Å². The Hall–Kier alpha value is -3.71. The van der Waals surface area contributed by atoms with Gasteiger partial charge >= 0.3 is 12.2 Å². The van der Waals surface area contributed by atoms with Gasteiger partial charge in [-0.1, -0.05) is 17.9 Å². The van der Waals surface area contributed by atoms with Gasteiger partial charge in [0, 0.05) is 43.2 Å². The molecule has 1 saturated heterocycles. The van der Waals surface area contributed by atoms with E-state index in [4.69, 9.17) is 10.5 Å². The molecule has 0 spiro atoms. The van der Waals surface area contributed by atoms with E-state index in [2.05, 4.69) is 11.2 Å². The van der Waals surface area contributed by atoms with Crippen molar-refractivity contribution < 1.29 is 42.6 Å². The van der Waals surface area contributed by atoms with E-state index >= 15 is 0 Å². The summed E-state index contributed by atoms with van der Waals surface area (Å²) in [5.74, 6) is 3.09. The number of ether oxygens (including phenoxy) is 1. The normalized spacial score (nSPS) is 26.2. The Kier molecular flexibility index (Phi) is 8.08. The molecule has 2 unspecified atom stereocenters. The highest BCUT2D eigenvalue weighted by Crippen LogP contribution is 2.28. The van der Waals surface area contributed by atoms with Crippen molar-refractivity contribution in [3.05, 3.63) is 51.7 Å². The zero-order valence-corrected chi connectivity index (χ0v) is 19.4. The lowest BCUT2D eigenvalue weighted by Gasteiger charge is -2.37. The van der Waals surface area contributed by atoms with Crippen molar-refractivity contribution in [2.45, 2.75) is 56.1 Å². The van der Waals surface area contributed by atoms with Gasteiger partial charge in [0.2, 0.25) is 5.91 Å². The predicted molar refractivity (Wildman–Crippen MR) is 120 cm³/mol. The molecule has 12 nitrogen and oxygen atoms in total. The molecule has 1 aromatic rings. The third kappa shape index (κ3) is 6.74. The van der Waals surface area contributed by atoms with Gasteiger partial charge in [0.15, 0.2) is 6.04 Å². The molecule has 1 aromatic carbocycles. The number of urea groups is 1. The number of carbonyl (C=O) groups excluding carboxylic acids is 2. The summed E-state index contributed by atoms with van der Waals surface area (Å²) in [6.45, 7) is 0.461. The number of nitrogens with one attached hydrogen (secondary N) is 2. The van der Waals surface area contributed by atoms with Gasteiger partial charge in [0.25, 0.3) is 5.69 Å². The zero-order chi connectivity index (χ0) is 27.5. The second-order valence-electron chi connectivity index (χ2n) is 8.53. The SMILES string of the molecule is CC(=O)NC(C#Cc1ccc(CC2(N)C=CN([C@H]3C[C@H](O)[C@@H](CO)O3)C(=O)N2)c([N+](=O)[O-])c1)C(F)(F)F. The lowest BCUT2D eigenvalue weighted by atomic mass is 9.96. The minimum Gasteiger partial charge on any atom is -0.394 e. The lowest BCUT2D eigenvalue weighted by molar-refractivity contribution is -0.385. The van der Waals surface area contributed by atoms with Gasteiger partial charge in [-0.15, -0.1) is 0 Å². The molecule has 0 bridgehead atoms. The summed E-state index contributed by atoms with van der Waals surface area (Å²) in [4.78, 5) is 35.7. The Morgan fingerprint density at radius 2 is 2.19 bits per heavy atom. The summed E-state index contributed by atoms with van der Waals surface area (Å²) >= 11 is 0. The predicted octanol–water partition coefficient (Wildman–Crippen LogP) is 0.218. The topological polar surface area (TPSA) is 180 Å². The number of nitro benzene ring substituents is 1. The Balaban J connectivity index is 1.81. The van der Waals surface area contributed by atoms with Crippen LogP contribution in [-0.4, -0.2) is 74.9 Å². The van der Waals surface area contributed by atoms with Gasteiger partial charge in [0.1, 0.15) is 18.0 Å². The number of alkyl halides is 3.